The van der Waals surface area contributed by atoms with Crippen LogP contribution in [0.25, 0.3) is 0 Å². The summed E-state index contributed by atoms with van der Waals surface area (Å²) in [4.78, 5) is 40.0. The lowest BCUT2D eigenvalue weighted by atomic mass is 10.0. The Balaban J connectivity index is 1.79. The second kappa shape index (κ2) is 9.04. The maximum atomic E-state index is 15.6. The van der Waals surface area contributed by atoms with Crippen LogP contribution in [0, 0.1) is 5.92 Å². The number of alkyl halides is 1. The van der Waals surface area contributed by atoms with Crippen LogP contribution in [0.15, 0.2) is 29.2 Å². The lowest BCUT2D eigenvalue weighted by Crippen LogP contribution is -2.43. The number of hydrogen-bond acceptors (Lipinski definition) is 9. The van der Waals surface area contributed by atoms with E-state index < -0.39 is 54.6 Å². The monoisotopic (exact) mass is 440 g/mol. The molecule has 3 heterocycles. The minimum atomic E-state index is -2.70. The Kier molecular flexibility index (Phi) is 6.63. The summed E-state index contributed by atoms with van der Waals surface area (Å²) in [6.45, 7) is 8.41. The molecule has 10 nitrogen and oxygen atoms in total. The number of nitrogens with zero attached hydrogens (tertiary/aromatic N) is 2. The number of hydrogen-bond donors (Lipinski definition) is 0. The largest absolute Gasteiger partial charge is 0.509 e. The molecule has 3 rings (SSSR count). The SMILES string of the molecule is C=C(C)COc1ccn([C@@H]2O[C@](F)(COC(=O)C(CC)CC)[C@H]3OC(=O)O[C@@H]23)c(=O)n1. The van der Waals surface area contributed by atoms with E-state index >= 15 is 4.39 Å². The van der Waals surface area contributed by atoms with E-state index in [0.717, 1.165) is 10.1 Å². The normalized spacial score (nSPS) is 26.9. The van der Waals surface area contributed by atoms with Gasteiger partial charge in [-0.05, 0) is 25.3 Å². The second-order valence-electron chi connectivity index (χ2n) is 7.49. The van der Waals surface area contributed by atoms with E-state index in [0.29, 0.717) is 12.8 Å². The molecule has 0 N–H and O–H groups in total. The maximum Gasteiger partial charge on any atom is 0.509 e. The number of carbonyl (C=O) groups excluding carboxylic acids is 2. The van der Waals surface area contributed by atoms with Gasteiger partial charge in [0.05, 0.1) is 5.92 Å². The Hall–Kier alpha value is -2.95. The Morgan fingerprint density at radius 2 is 2.06 bits per heavy atom. The Morgan fingerprint density at radius 1 is 1.35 bits per heavy atom. The highest BCUT2D eigenvalue weighted by Crippen LogP contribution is 2.45. The molecule has 0 bridgehead atoms. The summed E-state index contributed by atoms with van der Waals surface area (Å²) in [6, 6.07) is 1.38. The highest BCUT2D eigenvalue weighted by molar-refractivity contribution is 5.72. The lowest BCUT2D eigenvalue weighted by Gasteiger charge is -2.24. The van der Waals surface area contributed by atoms with Crippen LogP contribution in [0.2, 0.25) is 0 Å². The van der Waals surface area contributed by atoms with E-state index in [-0.39, 0.29) is 12.5 Å². The fourth-order valence-corrected chi connectivity index (χ4v) is 3.36. The van der Waals surface area contributed by atoms with Crippen LogP contribution in [-0.4, -0.2) is 53.0 Å². The summed E-state index contributed by atoms with van der Waals surface area (Å²) < 4.78 is 42.3. The van der Waals surface area contributed by atoms with Crippen LogP contribution in [0.4, 0.5) is 9.18 Å². The van der Waals surface area contributed by atoms with Crippen LogP contribution < -0.4 is 10.4 Å². The van der Waals surface area contributed by atoms with Crippen molar-refractivity contribution < 1.29 is 37.7 Å². The molecule has 2 saturated heterocycles. The first-order valence-electron chi connectivity index (χ1n) is 9.95. The van der Waals surface area contributed by atoms with Crippen molar-refractivity contribution in [3.63, 3.8) is 0 Å². The Bertz CT molecular complexity index is 915. The van der Waals surface area contributed by atoms with Crippen LogP contribution in [0.5, 0.6) is 5.88 Å². The summed E-state index contributed by atoms with van der Waals surface area (Å²) >= 11 is 0. The van der Waals surface area contributed by atoms with Crippen LogP contribution in [-0.2, 0) is 23.7 Å². The third-order valence-corrected chi connectivity index (χ3v) is 5.05. The molecule has 31 heavy (non-hydrogen) atoms. The molecule has 0 aliphatic carbocycles. The molecular formula is C20H25FN2O8. The number of halogens is 1. The standard InChI is InChI=1S/C20H25FN2O8/c1-5-12(6-2)17(24)28-10-20(21)15-14(29-19(26)30-15)16(31-20)23-8-7-13(22-18(23)25)27-9-11(3)4/h7-8,12,14-16H,3,5-6,9-10H2,1-2,4H3/t14-,15+,16-,20-/m1/s1. The van der Waals surface area contributed by atoms with Gasteiger partial charge in [-0.3, -0.25) is 9.36 Å². The molecule has 4 atom stereocenters. The van der Waals surface area contributed by atoms with Gasteiger partial charge >= 0.3 is 17.8 Å². The smallest absolute Gasteiger partial charge is 0.473 e. The average molecular weight is 440 g/mol. The van der Waals surface area contributed by atoms with E-state index in [2.05, 4.69) is 11.6 Å². The van der Waals surface area contributed by atoms with E-state index in [1.54, 1.807) is 6.92 Å². The number of carbonyl (C=O) groups is 2. The van der Waals surface area contributed by atoms with E-state index in [4.69, 9.17) is 23.7 Å². The molecule has 0 unspecified atom stereocenters. The molecule has 2 aliphatic heterocycles. The third kappa shape index (κ3) is 4.71. The molecule has 0 spiro atoms. The number of rotatable bonds is 9. The van der Waals surface area contributed by atoms with Gasteiger partial charge in [0, 0.05) is 12.3 Å². The summed E-state index contributed by atoms with van der Waals surface area (Å²) in [7, 11) is 0. The summed E-state index contributed by atoms with van der Waals surface area (Å²) in [5, 5.41) is 0. The number of esters is 1. The van der Waals surface area contributed by atoms with Gasteiger partial charge in [-0.25, -0.2) is 14.0 Å². The first-order valence-corrected chi connectivity index (χ1v) is 9.95. The van der Waals surface area contributed by atoms with Crippen molar-refractivity contribution in [3.8, 4) is 5.88 Å². The maximum absolute atomic E-state index is 15.6. The molecule has 2 fully saturated rings. The second-order valence-corrected chi connectivity index (χ2v) is 7.49. The molecule has 11 heteroatoms. The Morgan fingerprint density at radius 3 is 2.68 bits per heavy atom. The van der Waals surface area contributed by atoms with Gasteiger partial charge in [-0.15, -0.1) is 0 Å². The predicted molar refractivity (Wildman–Crippen MR) is 103 cm³/mol. The molecule has 0 radical (unpaired) electrons. The van der Waals surface area contributed by atoms with E-state index in [1.165, 1.54) is 12.3 Å². The third-order valence-electron chi connectivity index (χ3n) is 5.05. The lowest BCUT2D eigenvalue weighted by molar-refractivity contribution is -0.220. The summed E-state index contributed by atoms with van der Waals surface area (Å²) in [6.07, 6.45) is -2.94. The molecule has 0 saturated carbocycles. The first kappa shape index (κ1) is 22.7. The first-order chi connectivity index (χ1) is 14.7. The average Bonchev–Trinajstić information content (AvgIpc) is 3.23. The van der Waals surface area contributed by atoms with Crippen molar-refractivity contribution in [2.45, 2.75) is 57.9 Å². The van der Waals surface area contributed by atoms with E-state index in [1.807, 2.05) is 13.8 Å². The molecular weight excluding hydrogens is 415 g/mol. The van der Waals surface area contributed by atoms with Gasteiger partial charge < -0.3 is 23.7 Å². The predicted octanol–water partition coefficient (Wildman–Crippen LogP) is 2.28. The minimum Gasteiger partial charge on any atom is -0.473 e. The molecule has 2 aliphatic rings. The highest BCUT2D eigenvalue weighted by Gasteiger charge is 2.65. The van der Waals surface area contributed by atoms with Crippen molar-refractivity contribution in [3.05, 3.63) is 34.9 Å². The van der Waals surface area contributed by atoms with Crippen molar-refractivity contribution >= 4 is 12.1 Å². The minimum absolute atomic E-state index is 0.0454. The molecule has 170 valence electrons. The number of fused-ring (bicyclic) bond motifs is 1. The van der Waals surface area contributed by atoms with Gasteiger partial charge in [0.1, 0.15) is 6.61 Å². The molecule has 0 aromatic carbocycles. The van der Waals surface area contributed by atoms with Crippen LogP contribution in [0.1, 0.15) is 39.8 Å². The zero-order valence-electron chi connectivity index (χ0n) is 17.5. The van der Waals surface area contributed by atoms with Crippen molar-refractivity contribution in [1.29, 1.82) is 0 Å². The van der Waals surface area contributed by atoms with Gasteiger partial charge in [0.2, 0.25) is 12.0 Å². The van der Waals surface area contributed by atoms with Crippen molar-refractivity contribution in [1.82, 2.24) is 9.55 Å². The van der Waals surface area contributed by atoms with Gasteiger partial charge in [-0.2, -0.15) is 4.98 Å². The molecule has 1 aromatic heterocycles. The summed E-state index contributed by atoms with van der Waals surface area (Å²) in [5.74, 6) is -3.63. The summed E-state index contributed by atoms with van der Waals surface area (Å²) in [5.41, 5.74) is -0.0858. The Labute approximate surface area is 177 Å². The zero-order chi connectivity index (χ0) is 22.8. The van der Waals surface area contributed by atoms with Gasteiger partial charge in [0.25, 0.3) is 5.85 Å². The topological polar surface area (TPSA) is 115 Å². The fraction of sp³-hybridized carbons (Fsp3) is 0.600. The van der Waals surface area contributed by atoms with Crippen LogP contribution >= 0.6 is 0 Å². The molecule has 0 amide bonds. The fourth-order valence-electron chi connectivity index (χ4n) is 3.36. The van der Waals surface area contributed by atoms with Crippen molar-refractivity contribution in [2.75, 3.05) is 13.2 Å². The number of ether oxygens (including phenoxy) is 5. The highest BCUT2D eigenvalue weighted by atomic mass is 19.2. The quantitative estimate of drug-likeness (QED) is 0.421. The van der Waals surface area contributed by atoms with Gasteiger partial charge in [0.15, 0.2) is 18.9 Å². The van der Waals surface area contributed by atoms with Gasteiger partial charge in [-0.1, -0.05) is 20.4 Å². The molecule has 1 aromatic rings. The zero-order valence-corrected chi connectivity index (χ0v) is 17.5. The van der Waals surface area contributed by atoms with E-state index in [9.17, 15) is 14.4 Å². The van der Waals surface area contributed by atoms with Crippen LogP contribution in [0.3, 0.4) is 0 Å². The number of aromatic nitrogens is 2. The van der Waals surface area contributed by atoms with Crippen molar-refractivity contribution in [2.24, 2.45) is 5.92 Å².